The van der Waals surface area contributed by atoms with Crippen molar-refractivity contribution < 1.29 is 26.0 Å². The van der Waals surface area contributed by atoms with E-state index in [4.69, 9.17) is 5.14 Å². The van der Waals surface area contributed by atoms with Gasteiger partial charge in [-0.1, -0.05) is 6.07 Å². The van der Waals surface area contributed by atoms with Crippen molar-refractivity contribution in [2.45, 2.75) is 30.5 Å². The fourth-order valence-corrected chi connectivity index (χ4v) is 2.88. The third-order valence-corrected chi connectivity index (χ3v) is 3.91. The fraction of sp³-hybridized carbons (Fsp3) is 0.333. The van der Waals surface area contributed by atoms with Crippen LogP contribution in [0.1, 0.15) is 12.8 Å². The summed E-state index contributed by atoms with van der Waals surface area (Å²) in [5.74, 6) is -0.786. The summed E-state index contributed by atoms with van der Waals surface area (Å²) in [6, 6.07) is 3.85. The van der Waals surface area contributed by atoms with E-state index in [-0.39, 0.29) is 23.9 Å². The molecule has 0 spiro atoms. The molecule has 2 aromatic rings. The van der Waals surface area contributed by atoms with Crippen LogP contribution in [0.15, 0.2) is 29.3 Å². The fourth-order valence-electron chi connectivity index (χ4n) is 2.12. The monoisotopic (exact) mass is 324 g/mol. The highest BCUT2D eigenvalue weighted by atomic mass is 32.2. The van der Waals surface area contributed by atoms with Crippen LogP contribution in [0.3, 0.4) is 0 Å². The molecule has 0 unspecified atom stereocenters. The highest BCUT2D eigenvalue weighted by Gasteiger charge is 2.26. The minimum atomic E-state index is -4.29. The summed E-state index contributed by atoms with van der Waals surface area (Å²) in [6.07, 6.45) is -4.48. The Bertz CT molecular complexity index is 765. The molecule has 2 N–H and O–H groups in total. The van der Waals surface area contributed by atoms with Gasteiger partial charge >= 0.3 is 6.18 Å². The molecule has 1 aromatic carbocycles. The number of primary sulfonamides is 1. The Hall–Kier alpha value is -1.61. The van der Waals surface area contributed by atoms with Crippen molar-refractivity contribution in [3.63, 3.8) is 0 Å². The van der Waals surface area contributed by atoms with Crippen LogP contribution >= 0.6 is 0 Å². The summed E-state index contributed by atoms with van der Waals surface area (Å²) in [5.41, 5.74) is 0.196. The normalized spacial score (nSPS) is 13.0. The average Bonchev–Trinajstić information content (AvgIpc) is 2.68. The Labute approximate surface area is 118 Å². The number of benzene rings is 1. The van der Waals surface area contributed by atoms with Gasteiger partial charge in [0.05, 0.1) is 10.9 Å². The first kappa shape index (κ1) is 15.8. The predicted molar refractivity (Wildman–Crippen MR) is 68.6 cm³/mol. The molecule has 0 bridgehead atoms. The van der Waals surface area contributed by atoms with E-state index in [1.54, 1.807) is 0 Å². The third-order valence-electron chi connectivity index (χ3n) is 2.99. The SMILES string of the molecule is NS(=O)(=O)c1cn(CCCC(F)(F)F)c2cccc(F)c12. The van der Waals surface area contributed by atoms with Gasteiger partial charge in [-0.15, -0.1) is 0 Å². The molecule has 1 aromatic heterocycles. The topological polar surface area (TPSA) is 65.1 Å². The first-order valence-corrected chi connectivity index (χ1v) is 7.51. The van der Waals surface area contributed by atoms with Gasteiger partial charge in [-0.05, 0) is 18.6 Å². The molecule has 0 amide bonds. The average molecular weight is 324 g/mol. The number of aromatic nitrogens is 1. The smallest absolute Gasteiger partial charge is 0.346 e. The molecule has 0 fully saturated rings. The van der Waals surface area contributed by atoms with Gasteiger partial charge in [0.2, 0.25) is 10.0 Å². The van der Waals surface area contributed by atoms with Crippen molar-refractivity contribution in [1.29, 1.82) is 0 Å². The lowest BCUT2D eigenvalue weighted by molar-refractivity contribution is -0.135. The van der Waals surface area contributed by atoms with E-state index in [1.807, 2.05) is 0 Å². The lowest BCUT2D eigenvalue weighted by atomic mass is 10.2. The Balaban J connectivity index is 2.44. The maximum Gasteiger partial charge on any atom is 0.389 e. The van der Waals surface area contributed by atoms with Gasteiger partial charge in [-0.2, -0.15) is 13.2 Å². The summed E-state index contributed by atoms with van der Waals surface area (Å²) in [6.45, 7) is -0.0883. The zero-order valence-corrected chi connectivity index (χ0v) is 11.5. The van der Waals surface area contributed by atoms with Crippen molar-refractivity contribution in [3.05, 3.63) is 30.2 Å². The van der Waals surface area contributed by atoms with E-state index in [1.165, 1.54) is 16.7 Å². The summed E-state index contributed by atoms with van der Waals surface area (Å²) in [4.78, 5) is -0.428. The zero-order chi connectivity index (χ0) is 15.8. The molecule has 0 radical (unpaired) electrons. The molecule has 9 heteroatoms. The second kappa shape index (κ2) is 5.30. The molecule has 0 aliphatic rings. The van der Waals surface area contributed by atoms with Crippen molar-refractivity contribution in [2.24, 2.45) is 5.14 Å². The van der Waals surface area contributed by atoms with E-state index >= 15 is 0 Å². The molecule has 0 aliphatic heterocycles. The maximum absolute atomic E-state index is 13.8. The highest BCUT2D eigenvalue weighted by molar-refractivity contribution is 7.89. The van der Waals surface area contributed by atoms with E-state index in [2.05, 4.69) is 0 Å². The number of nitrogens with two attached hydrogens (primary N) is 1. The van der Waals surface area contributed by atoms with E-state index in [0.717, 1.165) is 12.3 Å². The minimum absolute atomic E-state index is 0.0883. The Kier molecular flexibility index (Phi) is 3.98. The largest absolute Gasteiger partial charge is 0.389 e. The molecule has 0 atom stereocenters. The lowest BCUT2D eigenvalue weighted by Crippen LogP contribution is -2.12. The number of aryl methyl sites for hydroxylation is 1. The predicted octanol–water partition coefficient (Wildman–Crippen LogP) is 2.77. The molecular weight excluding hydrogens is 312 g/mol. The Morgan fingerprint density at radius 2 is 1.90 bits per heavy atom. The first-order valence-electron chi connectivity index (χ1n) is 5.96. The number of hydrogen-bond acceptors (Lipinski definition) is 2. The van der Waals surface area contributed by atoms with Crippen LogP contribution in [0.4, 0.5) is 17.6 Å². The van der Waals surface area contributed by atoms with E-state index < -0.39 is 33.3 Å². The van der Waals surface area contributed by atoms with Crippen LogP contribution < -0.4 is 5.14 Å². The van der Waals surface area contributed by atoms with Crippen molar-refractivity contribution in [3.8, 4) is 0 Å². The number of alkyl halides is 3. The quantitative estimate of drug-likeness (QED) is 0.879. The molecular formula is C12H12F4N2O2S. The van der Waals surface area contributed by atoms with Gasteiger partial charge in [-0.3, -0.25) is 0 Å². The third kappa shape index (κ3) is 3.53. The summed E-state index contributed by atoms with van der Waals surface area (Å²) < 4.78 is 74.4. The number of rotatable bonds is 4. The van der Waals surface area contributed by atoms with Crippen LogP contribution in [-0.2, 0) is 16.6 Å². The number of fused-ring (bicyclic) bond motifs is 1. The van der Waals surface area contributed by atoms with Gasteiger partial charge < -0.3 is 4.57 Å². The molecule has 116 valence electrons. The van der Waals surface area contributed by atoms with Crippen molar-refractivity contribution >= 4 is 20.9 Å². The zero-order valence-electron chi connectivity index (χ0n) is 10.7. The summed E-state index contributed by atoms with van der Waals surface area (Å²) in [7, 11) is -4.17. The first-order chi connectivity index (χ1) is 9.59. The van der Waals surface area contributed by atoms with Crippen LogP contribution in [0, 0.1) is 5.82 Å². The van der Waals surface area contributed by atoms with Gasteiger partial charge in [0.15, 0.2) is 0 Å². The highest BCUT2D eigenvalue weighted by Crippen LogP contribution is 2.28. The van der Waals surface area contributed by atoms with Crippen molar-refractivity contribution in [1.82, 2.24) is 4.57 Å². The van der Waals surface area contributed by atoms with Crippen LogP contribution in [0.2, 0.25) is 0 Å². The summed E-state index contributed by atoms with van der Waals surface area (Å²) in [5, 5.41) is 4.81. The maximum atomic E-state index is 13.8. The molecule has 0 saturated carbocycles. The number of sulfonamides is 1. The van der Waals surface area contributed by atoms with Crippen LogP contribution in [-0.4, -0.2) is 19.2 Å². The molecule has 4 nitrogen and oxygen atoms in total. The standard InChI is InChI=1S/C12H12F4N2O2S/c13-8-3-1-4-9-11(8)10(21(17,19)20)7-18(9)6-2-5-12(14,15)16/h1,3-4,7H,2,5-6H2,(H2,17,19,20). The summed E-state index contributed by atoms with van der Waals surface area (Å²) >= 11 is 0. The van der Waals surface area contributed by atoms with E-state index in [0.29, 0.717) is 0 Å². The minimum Gasteiger partial charge on any atom is -0.346 e. The molecule has 21 heavy (non-hydrogen) atoms. The van der Waals surface area contributed by atoms with Gasteiger partial charge in [0, 0.05) is 19.2 Å². The number of hydrogen-bond donors (Lipinski definition) is 1. The molecule has 0 aliphatic carbocycles. The van der Waals surface area contributed by atoms with E-state index in [9.17, 15) is 26.0 Å². The lowest BCUT2D eigenvalue weighted by Gasteiger charge is -2.07. The number of nitrogens with zero attached hydrogens (tertiary/aromatic N) is 1. The van der Waals surface area contributed by atoms with Gasteiger partial charge in [-0.25, -0.2) is 17.9 Å². The van der Waals surface area contributed by atoms with Gasteiger partial charge in [0.25, 0.3) is 0 Å². The van der Waals surface area contributed by atoms with Gasteiger partial charge in [0.1, 0.15) is 10.7 Å². The molecule has 1 heterocycles. The van der Waals surface area contributed by atoms with Crippen LogP contribution in [0.25, 0.3) is 10.9 Å². The van der Waals surface area contributed by atoms with Crippen LogP contribution in [0.5, 0.6) is 0 Å². The second-order valence-corrected chi connectivity index (χ2v) is 6.11. The number of halogens is 4. The second-order valence-electron chi connectivity index (χ2n) is 4.58. The van der Waals surface area contributed by atoms with Crippen molar-refractivity contribution in [2.75, 3.05) is 0 Å². The Morgan fingerprint density at radius 1 is 1.24 bits per heavy atom. The molecule has 0 saturated heterocycles. The molecule has 2 rings (SSSR count). The Morgan fingerprint density at radius 3 is 2.48 bits per heavy atom.